The van der Waals surface area contributed by atoms with Crippen LogP contribution < -0.4 is 5.73 Å². The molecule has 0 bridgehead atoms. The molecule has 2 aromatic rings. The summed E-state index contributed by atoms with van der Waals surface area (Å²) >= 11 is 11.8. The zero-order valence-electron chi connectivity index (χ0n) is 8.74. The van der Waals surface area contributed by atoms with Gasteiger partial charge < -0.3 is 10.3 Å². The van der Waals surface area contributed by atoms with Crippen molar-refractivity contribution in [2.24, 2.45) is 12.8 Å². The van der Waals surface area contributed by atoms with E-state index in [-0.39, 0.29) is 0 Å². The standard InChI is InChI=1S/C11H11Cl2N3/c1-16-6-8(5-14)15-11(16)7-2-3-9(12)10(13)4-7/h2-4,6H,5,14H2,1H3. The first-order valence-electron chi connectivity index (χ1n) is 4.79. The summed E-state index contributed by atoms with van der Waals surface area (Å²) in [6, 6.07) is 5.44. The van der Waals surface area contributed by atoms with E-state index in [0.29, 0.717) is 16.6 Å². The lowest BCUT2D eigenvalue weighted by atomic mass is 10.2. The third-order valence-corrected chi connectivity index (χ3v) is 3.05. The van der Waals surface area contributed by atoms with Crippen LogP contribution in [0.2, 0.25) is 10.0 Å². The summed E-state index contributed by atoms with van der Waals surface area (Å²) in [5, 5.41) is 1.06. The zero-order chi connectivity index (χ0) is 11.7. The Morgan fingerprint density at radius 2 is 2.06 bits per heavy atom. The first-order chi connectivity index (χ1) is 7.61. The highest BCUT2D eigenvalue weighted by Crippen LogP contribution is 2.27. The van der Waals surface area contributed by atoms with Gasteiger partial charge in [0.15, 0.2) is 0 Å². The molecule has 0 amide bonds. The molecule has 0 saturated carbocycles. The number of halogens is 2. The van der Waals surface area contributed by atoms with E-state index in [1.165, 1.54) is 0 Å². The number of rotatable bonds is 2. The zero-order valence-corrected chi connectivity index (χ0v) is 10.3. The average Bonchev–Trinajstić information content (AvgIpc) is 2.64. The van der Waals surface area contributed by atoms with Gasteiger partial charge in [-0.2, -0.15) is 0 Å². The van der Waals surface area contributed by atoms with Crippen LogP contribution in [0.15, 0.2) is 24.4 Å². The van der Waals surface area contributed by atoms with Gasteiger partial charge in [0.05, 0.1) is 15.7 Å². The van der Waals surface area contributed by atoms with Crippen molar-refractivity contribution in [1.29, 1.82) is 0 Å². The minimum Gasteiger partial charge on any atom is -0.334 e. The number of hydrogen-bond acceptors (Lipinski definition) is 2. The van der Waals surface area contributed by atoms with Crippen LogP contribution in [0.3, 0.4) is 0 Å². The quantitative estimate of drug-likeness (QED) is 0.897. The van der Waals surface area contributed by atoms with Crippen LogP contribution in [0, 0.1) is 0 Å². The molecule has 3 nitrogen and oxygen atoms in total. The fourth-order valence-electron chi connectivity index (χ4n) is 1.53. The van der Waals surface area contributed by atoms with Crippen molar-refractivity contribution in [3.05, 3.63) is 40.1 Å². The Hall–Kier alpha value is -1.03. The van der Waals surface area contributed by atoms with E-state index in [0.717, 1.165) is 17.1 Å². The minimum absolute atomic E-state index is 0.426. The van der Waals surface area contributed by atoms with Crippen LogP contribution in [-0.4, -0.2) is 9.55 Å². The molecular formula is C11H11Cl2N3. The molecule has 2 N–H and O–H groups in total. The fourth-order valence-corrected chi connectivity index (χ4v) is 1.83. The van der Waals surface area contributed by atoms with Gasteiger partial charge in [-0.15, -0.1) is 0 Å². The second kappa shape index (κ2) is 4.45. The van der Waals surface area contributed by atoms with Crippen molar-refractivity contribution < 1.29 is 0 Å². The van der Waals surface area contributed by atoms with Gasteiger partial charge in [0, 0.05) is 25.4 Å². The lowest BCUT2D eigenvalue weighted by Gasteiger charge is -2.02. The van der Waals surface area contributed by atoms with Crippen LogP contribution in [0.5, 0.6) is 0 Å². The van der Waals surface area contributed by atoms with Crippen molar-refractivity contribution in [2.45, 2.75) is 6.54 Å². The number of aromatic nitrogens is 2. The predicted molar refractivity (Wildman–Crippen MR) is 66.6 cm³/mol. The fraction of sp³-hybridized carbons (Fsp3) is 0.182. The number of nitrogens with two attached hydrogens (primary N) is 1. The van der Waals surface area contributed by atoms with E-state index in [4.69, 9.17) is 28.9 Å². The summed E-state index contributed by atoms with van der Waals surface area (Å²) in [7, 11) is 1.92. The Kier molecular flexibility index (Phi) is 3.19. The summed E-state index contributed by atoms with van der Waals surface area (Å²) in [6.45, 7) is 0.426. The van der Waals surface area contributed by atoms with Gasteiger partial charge in [0.1, 0.15) is 5.82 Å². The maximum atomic E-state index is 5.96. The summed E-state index contributed by atoms with van der Waals surface area (Å²) in [4.78, 5) is 4.41. The van der Waals surface area contributed by atoms with Crippen molar-refractivity contribution >= 4 is 23.2 Å². The van der Waals surface area contributed by atoms with E-state index in [9.17, 15) is 0 Å². The van der Waals surface area contributed by atoms with Crippen molar-refractivity contribution in [2.75, 3.05) is 0 Å². The molecule has 0 atom stereocenters. The second-order valence-corrected chi connectivity index (χ2v) is 4.31. The van der Waals surface area contributed by atoms with E-state index >= 15 is 0 Å². The average molecular weight is 256 g/mol. The molecule has 0 saturated heterocycles. The Labute approximate surface area is 104 Å². The molecule has 0 radical (unpaired) electrons. The molecule has 16 heavy (non-hydrogen) atoms. The SMILES string of the molecule is Cn1cc(CN)nc1-c1ccc(Cl)c(Cl)c1. The summed E-state index contributed by atoms with van der Waals surface area (Å²) in [5.74, 6) is 0.832. The number of imidazole rings is 1. The van der Waals surface area contributed by atoms with E-state index in [2.05, 4.69) is 4.98 Å². The highest BCUT2D eigenvalue weighted by Gasteiger charge is 2.08. The lowest BCUT2D eigenvalue weighted by molar-refractivity contribution is 0.921. The van der Waals surface area contributed by atoms with Crippen molar-refractivity contribution in [1.82, 2.24) is 9.55 Å². The van der Waals surface area contributed by atoms with Gasteiger partial charge in [-0.3, -0.25) is 0 Å². The summed E-state index contributed by atoms with van der Waals surface area (Å²) in [5.41, 5.74) is 7.32. The minimum atomic E-state index is 0.426. The third kappa shape index (κ3) is 2.07. The molecule has 1 aromatic heterocycles. The second-order valence-electron chi connectivity index (χ2n) is 3.50. The van der Waals surface area contributed by atoms with Gasteiger partial charge in [-0.1, -0.05) is 23.2 Å². The number of aryl methyl sites for hydroxylation is 1. The molecule has 1 heterocycles. The first kappa shape index (κ1) is 11.5. The lowest BCUT2D eigenvalue weighted by Crippen LogP contribution is -1.95. The van der Waals surface area contributed by atoms with Crippen LogP contribution in [0.4, 0.5) is 0 Å². The van der Waals surface area contributed by atoms with E-state index in [1.54, 1.807) is 12.1 Å². The van der Waals surface area contributed by atoms with Crippen LogP contribution in [0.1, 0.15) is 5.69 Å². The number of hydrogen-bond donors (Lipinski definition) is 1. The predicted octanol–water partition coefficient (Wildman–Crippen LogP) is 2.85. The highest BCUT2D eigenvalue weighted by atomic mass is 35.5. The normalized spacial score (nSPS) is 10.8. The van der Waals surface area contributed by atoms with Crippen molar-refractivity contribution in [3.8, 4) is 11.4 Å². The third-order valence-electron chi connectivity index (χ3n) is 2.31. The molecule has 5 heteroatoms. The molecule has 0 unspecified atom stereocenters. The maximum absolute atomic E-state index is 5.96. The molecule has 0 spiro atoms. The Morgan fingerprint density at radius 3 is 2.62 bits per heavy atom. The molecular weight excluding hydrogens is 245 g/mol. The highest BCUT2D eigenvalue weighted by molar-refractivity contribution is 6.42. The summed E-state index contributed by atoms with van der Waals surface area (Å²) < 4.78 is 1.92. The Balaban J connectivity index is 2.49. The van der Waals surface area contributed by atoms with Gasteiger partial charge in [-0.05, 0) is 18.2 Å². The maximum Gasteiger partial charge on any atom is 0.140 e. The number of benzene rings is 1. The molecule has 0 aliphatic carbocycles. The van der Waals surface area contributed by atoms with Crippen LogP contribution in [-0.2, 0) is 13.6 Å². The molecule has 84 valence electrons. The summed E-state index contributed by atoms with van der Waals surface area (Å²) in [6.07, 6.45) is 1.90. The Bertz CT molecular complexity index is 520. The topological polar surface area (TPSA) is 43.8 Å². The van der Waals surface area contributed by atoms with Gasteiger partial charge in [0.2, 0.25) is 0 Å². The van der Waals surface area contributed by atoms with E-state index < -0.39 is 0 Å². The van der Waals surface area contributed by atoms with Gasteiger partial charge >= 0.3 is 0 Å². The smallest absolute Gasteiger partial charge is 0.140 e. The van der Waals surface area contributed by atoms with Gasteiger partial charge in [0.25, 0.3) is 0 Å². The van der Waals surface area contributed by atoms with Crippen LogP contribution >= 0.6 is 23.2 Å². The molecule has 0 fully saturated rings. The largest absolute Gasteiger partial charge is 0.334 e. The number of nitrogens with zero attached hydrogens (tertiary/aromatic N) is 2. The molecule has 0 aliphatic rings. The molecule has 2 rings (SSSR count). The first-order valence-corrected chi connectivity index (χ1v) is 5.55. The van der Waals surface area contributed by atoms with Crippen molar-refractivity contribution in [3.63, 3.8) is 0 Å². The van der Waals surface area contributed by atoms with Crippen LogP contribution in [0.25, 0.3) is 11.4 Å². The molecule has 0 aliphatic heterocycles. The molecule has 1 aromatic carbocycles. The van der Waals surface area contributed by atoms with E-state index in [1.807, 2.05) is 23.9 Å². The Morgan fingerprint density at radius 1 is 1.31 bits per heavy atom. The van der Waals surface area contributed by atoms with Gasteiger partial charge in [-0.25, -0.2) is 4.98 Å². The monoisotopic (exact) mass is 255 g/mol.